The zero-order chi connectivity index (χ0) is 10.7. The van der Waals surface area contributed by atoms with Crippen molar-refractivity contribution in [2.75, 3.05) is 7.05 Å². The van der Waals surface area contributed by atoms with E-state index in [9.17, 15) is 14.4 Å². The van der Waals surface area contributed by atoms with Gasteiger partial charge in [0.15, 0.2) is 0 Å². The number of unbranched alkanes of at least 4 members (excludes halogenated alkanes) is 1. The minimum absolute atomic E-state index is 0.396. The van der Waals surface area contributed by atoms with E-state index in [0.717, 1.165) is 17.7 Å². The van der Waals surface area contributed by atoms with Crippen LogP contribution in [0.1, 0.15) is 26.2 Å². The van der Waals surface area contributed by atoms with Gasteiger partial charge in [-0.1, -0.05) is 19.8 Å². The lowest BCUT2D eigenvalue weighted by Crippen LogP contribution is -2.56. The molecule has 1 N–H and O–H groups in total. The molecule has 1 fully saturated rings. The minimum atomic E-state index is -0.683. The summed E-state index contributed by atoms with van der Waals surface area (Å²) in [6, 6.07) is -0.632. The Morgan fingerprint density at radius 2 is 2.00 bits per heavy atom. The average Bonchev–Trinajstić information content (AvgIpc) is 2.14. The molecular formula is C9H14N2O3. The number of amides is 4. The van der Waals surface area contributed by atoms with Gasteiger partial charge in [-0.3, -0.25) is 19.8 Å². The highest BCUT2D eigenvalue weighted by molar-refractivity contribution is 6.15. The molecular weight excluding hydrogens is 184 g/mol. The summed E-state index contributed by atoms with van der Waals surface area (Å²) in [7, 11) is 1.38. The van der Waals surface area contributed by atoms with Crippen molar-refractivity contribution in [3.63, 3.8) is 0 Å². The van der Waals surface area contributed by atoms with E-state index in [2.05, 4.69) is 5.32 Å². The van der Waals surface area contributed by atoms with Gasteiger partial charge in [-0.05, 0) is 6.42 Å². The van der Waals surface area contributed by atoms with Gasteiger partial charge in [0, 0.05) is 7.05 Å². The van der Waals surface area contributed by atoms with Crippen molar-refractivity contribution in [1.82, 2.24) is 10.2 Å². The second-order valence-electron chi connectivity index (χ2n) is 3.39. The summed E-state index contributed by atoms with van der Waals surface area (Å²) in [6.45, 7) is 1.99. The second kappa shape index (κ2) is 4.21. The molecule has 0 aromatic rings. The number of urea groups is 1. The highest BCUT2D eigenvalue weighted by Crippen LogP contribution is 2.15. The molecule has 0 aromatic carbocycles. The molecule has 78 valence electrons. The normalized spacial score (nSPS) is 22.6. The Labute approximate surface area is 82.4 Å². The maximum atomic E-state index is 11.5. The summed E-state index contributed by atoms with van der Waals surface area (Å²) in [6.07, 6.45) is 2.25. The molecule has 0 saturated carbocycles. The van der Waals surface area contributed by atoms with Crippen molar-refractivity contribution in [3.8, 4) is 0 Å². The Morgan fingerprint density at radius 3 is 2.57 bits per heavy atom. The van der Waals surface area contributed by atoms with Crippen LogP contribution in [0.2, 0.25) is 0 Å². The van der Waals surface area contributed by atoms with E-state index >= 15 is 0 Å². The van der Waals surface area contributed by atoms with Crippen LogP contribution in [-0.2, 0) is 9.59 Å². The molecule has 1 aliphatic heterocycles. The number of rotatable bonds is 3. The lowest BCUT2D eigenvalue weighted by atomic mass is 9.98. The largest absolute Gasteiger partial charge is 0.330 e. The molecule has 0 bridgehead atoms. The van der Waals surface area contributed by atoms with Gasteiger partial charge in [-0.25, -0.2) is 4.79 Å². The van der Waals surface area contributed by atoms with Crippen molar-refractivity contribution < 1.29 is 14.4 Å². The smallest absolute Gasteiger partial charge is 0.277 e. The van der Waals surface area contributed by atoms with Crippen LogP contribution in [0.4, 0.5) is 4.79 Å². The number of carbonyl (C=O) groups is 3. The summed E-state index contributed by atoms with van der Waals surface area (Å²) in [5, 5.41) is 2.15. The molecule has 0 spiro atoms. The van der Waals surface area contributed by atoms with Crippen molar-refractivity contribution in [1.29, 1.82) is 0 Å². The third-order valence-electron chi connectivity index (χ3n) is 2.33. The molecule has 4 amide bonds. The van der Waals surface area contributed by atoms with Crippen molar-refractivity contribution in [2.45, 2.75) is 26.2 Å². The number of hydrogen-bond acceptors (Lipinski definition) is 3. The minimum Gasteiger partial charge on any atom is -0.277 e. The van der Waals surface area contributed by atoms with E-state index in [1.54, 1.807) is 0 Å². The zero-order valence-corrected chi connectivity index (χ0v) is 8.37. The van der Waals surface area contributed by atoms with Crippen LogP contribution in [0, 0.1) is 5.92 Å². The van der Waals surface area contributed by atoms with Gasteiger partial charge in [0.05, 0.1) is 0 Å². The maximum Gasteiger partial charge on any atom is 0.330 e. The topological polar surface area (TPSA) is 66.5 Å². The number of nitrogens with one attached hydrogen (secondary N) is 1. The molecule has 0 aliphatic carbocycles. The average molecular weight is 198 g/mol. The summed E-state index contributed by atoms with van der Waals surface area (Å²) in [5.74, 6) is -1.55. The predicted octanol–water partition coefficient (Wildman–Crippen LogP) is 0.501. The monoisotopic (exact) mass is 198 g/mol. The van der Waals surface area contributed by atoms with Crippen molar-refractivity contribution >= 4 is 17.8 Å². The van der Waals surface area contributed by atoms with E-state index in [1.165, 1.54) is 7.05 Å². The molecule has 1 rings (SSSR count). The van der Waals surface area contributed by atoms with Crippen LogP contribution < -0.4 is 5.32 Å². The van der Waals surface area contributed by atoms with Gasteiger partial charge in [0.2, 0.25) is 11.8 Å². The van der Waals surface area contributed by atoms with E-state index in [4.69, 9.17) is 0 Å². The summed E-state index contributed by atoms with van der Waals surface area (Å²) in [5.41, 5.74) is 0. The lowest BCUT2D eigenvalue weighted by Gasteiger charge is -2.26. The number of carbonyl (C=O) groups excluding carboxylic acids is 3. The number of imide groups is 2. The zero-order valence-electron chi connectivity index (χ0n) is 8.37. The number of hydrogen-bond donors (Lipinski definition) is 1. The van der Waals surface area contributed by atoms with Gasteiger partial charge in [-0.15, -0.1) is 0 Å². The number of nitrogens with zero attached hydrogens (tertiary/aromatic N) is 1. The van der Waals surface area contributed by atoms with Crippen LogP contribution in [-0.4, -0.2) is 29.8 Å². The fraction of sp³-hybridized carbons (Fsp3) is 0.667. The Hall–Kier alpha value is -1.39. The van der Waals surface area contributed by atoms with Gasteiger partial charge >= 0.3 is 6.03 Å². The Balaban J connectivity index is 2.69. The molecule has 1 heterocycles. The molecule has 1 saturated heterocycles. The summed E-state index contributed by atoms with van der Waals surface area (Å²) < 4.78 is 0. The van der Waals surface area contributed by atoms with Crippen molar-refractivity contribution in [3.05, 3.63) is 0 Å². The first-order valence-electron chi connectivity index (χ1n) is 4.70. The van der Waals surface area contributed by atoms with Crippen LogP contribution in [0.25, 0.3) is 0 Å². The van der Waals surface area contributed by atoms with E-state index < -0.39 is 23.8 Å². The van der Waals surface area contributed by atoms with Crippen LogP contribution in [0.15, 0.2) is 0 Å². The quantitative estimate of drug-likeness (QED) is 0.671. The van der Waals surface area contributed by atoms with E-state index in [1.807, 2.05) is 6.92 Å². The fourth-order valence-electron chi connectivity index (χ4n) is 1.39. The van der Waals surface area contributed by atoms with Crippen LogP contribution in [0.3, 0.4) is 0 Å². The second-order valence-corrected chi connectivity index (χ2v) is 3.39. The molecule has 5 heteroatoms. The highest BCUT2D eigenvalue weighted by atomic mass is 16.2. The molecule has 1 aliphatic rings. The molecule has 0 aromatic heterocycles. The highest BCUT2D eigenvalue weighted by Gasteiger charge is 2.37. The first kappa shape index (κ1) is 10.7. The SMILES string of the molecule is CCCCC1C(=O)NC(=O)N(C)C1=O. The summed E-state index contributed by atoms with van der Waals surface area (Å²) >= 11 is 0. The van der Waals surface area contributed by atoms with E-state index in [0.29, 0.717) is 6.42 Å². The first-order valence-corrected chi connectivity index (χ1v) is 4.70. The van der Waals surface area contributed by atoms with Gasteiger partial charge in [0.25, 0.3) is 0 Å². The lowest BCUT2D eigenvalue weighted by molar-refractivity contribution is -0.142. The Bertz CT molecular complexity index is 275. The maximum absolute atomic E-state index is 11.5. The summed E-state index contributed by atoms with van der Waals surface area (Å²) in [4.78, 5) is 34.8. The molecule has 14 heavy (non-hydrogen) atoms. The molecule has 1 unspecified atom stereocenters. The van der Waals surface area contributed by atoms with E-state index in [-0.39, 0.29) is 0 Å². The standard InChI is InChI=1S/C9H14N2O3/c1-3-4-5-6-7(12)10-9(14)11(2)8(6)13/h6H,3-5H2,1-2H3,(H,10,12,14). The third kappa shape index (κ3) is 1.92. The van der Waals surface area contributed by atoms with Crippen molar-refractivity contribution in [2.24, 2.45) is 5.92 Å². The van der Waals surface area contributed by atoms with Crippen LogP contribution >= 0.6 is 0 Å². The molecule has 0 radical (unpaired) electrons. The predicted molar refractivity (Wildman–Crippen MR) is 49.3 cm³/mol. The first-order chi connectivity index (χ1) is 6.57. The molecule has 1 atom stereocenters. The van der Waals surface area contributed by atoms with Gasteiger partial charge < -0.3 is 0 Å². The Kier molecular flexibility index (Phi) is 3.22. The van der Waals surface area contributed by atoms with Gasteiger partial charge in [-0.2, -0.15) is 0 Å². The Morgan fingerprint density at radius 1 is 1.36 bits per heavy atom. The third-order valence-corrected chi connectivity index (χ3v) is 2.33. The molecule has 5 nitrogen and oxygen atoms in total. The fourth-order valence-corrected chi connectivity index (χ4v) is 1.39. The van der Waals surface area contributed by atoms with Gasteiger partial charge in [0.1, 0.15) is 5.92 Å². The van der Waals surface area contributed by atoms with Crippen LogP contribution in [0.5, 0.6) is 0 Å². The number of barbiturate groups is 1.